The van der Waals surface area contributed by atoms with Crippen molar-refractivity contribution in [3.05, 3.63) is 35.1 Å². The van der Waals surface area contributed by atoms with Gasteiger partial charge in [0, 0.05) is 0 Å². The van der Waals surface area contributed by atoms with Crippen molar-refractivity contribution < 1.29 is 14.3 Å². The second kappa shape index (κ2) is 2.65. The summed E-state index contributed by atoms with van der Waals surface area (Å²) in [5.41, 5.74) is 1.09. The van der Waals surface area contributed by atoms with E-state index in [2.05, 4.69) is 0 Å². The predicted molar refractivity (Wildman–Crippen MR) is 56.7 cm³/mol. The third kappa shape index (κ3) is 0.984. The molecule has 2 bridgehead atoms. The molecule has 3 aliphatic carbocycles. The van der Waals surface area contributed by atoms with E-state index < -0.39 is 11.4 Å². The van der Waals surface area contributed by atoms with Crippen molar-refractivity contribution in [3.63, 3.8) is 0 Å². The number of aryl methyl sites for hydroxylation is 1. The maximum Gasteiger partial charge on any atom is 0.309 e. The molecule has 0 aliphatic heterocycles. The Bertz CT molecular complexity index is 473. The van der Waals surface area contributed by atoms with Crippen LogP contribution in [0.25, 0.3) is 0 Å². The first kappa shape index (κ1) is 9.82. The van der Waals surface area contributed by atoms with Gasteiger partial charge in [-0.05, 0) is 48.8 Å². The fourth-order valence-corrected chi connectivity index (χ4v) is 3.24. The molecule has 4 rings (SSSR count). The maximum atomic E-state index is 13.4. The van der Waals surface area contributed by atoms with Crippen LogP contribution in [0.5, 0.6) is 0 Å². The van der Waals surface area contributed by atoms with Crippen LogP contribution in [-0.4, -0.2) is 11.1 Å². The second-order valence-electron chi connectivity index (χ2n) is 5.36. The zero-order chi connectivity index (χ0) is 11.6. The Morgan fingerprint density at radius 3 is 2.50 bits per heavy atom. The molecule has 0 saturated heterocycles. The van der Waals surface area contributed by atoms with E-state index in [1.54, 1.807) is 19.1 Å². The minimum absolute atomic E-state index is 0.0348. The van der Waals surface area contributed by atoms with Crippen molar-refractivity contribution in [1.82, 2.24) is 0 Å². The van der Waals surface area contributed by atoms with Crippen molar-refractivity contribution in [2.75, 3.05) is 0 Å². The van der Waals surface area contributed by atoms with E-state index in [9.17, 15) is 9.18 Å². The van der Waals surface area contributed by atoms with Crippen LogP contribution < -0.4 is 0 Å². The van der Waals surface area contributed by atoms with Crippen LogP contribution in [-0.2, 0) is 10.2 Å². The van der Waals surface area contributed by atoms with Gasteiger partial charge in [0.25, 0.3) is 0 Å². The van der Waals surface area contributed by atoms with Crippen molar-refractivity contribution in [2.24, 2.45) is 5.41 Å². The van der Waals surface area contributed by atoms with Crippen LogP contribution in [0, 0.1) is 18.2 Å². The monoisotopic (exact) mass is 220 g/mol. The van der Waals surface area contributed by atoms with Crippen molar-refractivity contribution in [1.29, 1.82) is 0 Å². The fourth-order valence-electron chi connectivity index (χ4n) is 3.24. The predicted octanol–water partition coefficient (Wildman–Crippen LogP) is 2.64. The van der Waals surface area contributed by atoms with E-state index in [0.717, 1.165) is 5.56 Å². The van der Waals surface area contributed by atoms with Crippen LogP contribution in [0.3, 0.4) is 0 Å². The van der Waals surface area contributed by atoms with Gasteiger partial charge in [0.2, 0.25) is 0 Å². The molecule has 1 aromatic carbocycles. The van der Waals surface area contributed by atoms with Gasteiger partial charge in [-0.15, -0.1) is 0 Å². The van der Waals surface area contributed by atoms with Crippen LogP contribution >= 0.6 is 0 Å². The molecule has 3 saturated carbocycles. The first-order chi connectivity index (χ1) is 7.47. The summed E-state index contributed by atoms with van der Waals surface area (Å²) >= 11 is 0. The van der Waals surface area contributed by atoms with E-state index in [1.165, 1.54) is 0 Å². The van der Waals surface area contributed by atoms with Crippen LogP contribution in [0.1, 0.15) is 30.4 Å². The van der Waals surface area contributed by atoms with Gasteiger partial charge in [0.1, 0.15) is 5.82 Å². The molecular weight excluding hydrogens is 207 g/mol. The molecule has 0 amide bonds. The van der Waals surface area contributed by atoms with Crippen molar-refractivity contribution in [3.8, 4) is 0 Å². The largest absolute Gasteiger partial charge is 0.481 e. The van der Waals surface area contributed by atoms with Gasteiger partial charge < -0.3 is 5.11 Å². The van der Waals surface area contributed by atoms with Crippen molar-refractivity contribution in [2.45, 2.75) is 31.6 Å². The SMILES string of the molecule is Cc1ccc(C23CC(C(=O)O)(C2)C3)cc1F. The summed E-state index contributed by atoms with van der Waals surface area (Å²) in [6, 6.07) is 5.28. The van der Waals surface area contributed by atoms with Gasteiger partial charge in [-0.1, -0.05) is 12.1 Å². The number of hydrogen-bond donors (Lipinski definition) is 1. The average Bonchev–Trinajstić information content (AvgIpc) is 2.05. The smallest absolute Gasteiger partial charge is 0.309 e. The summed E-state index contributed by atoms with van der Waals surface area (Å²) < 4.78 is 13.4. The molecule has 1 aromatic rings. The molecule has 0 aromatic heterocycles. The lowest BCUT2D eigenvalue weighted by Crippen LogP contribution is -2.67. The number of carboxylic acid groups (broad SMARTS) is 1. The lowest BCUT2D eigenvalue weighted by Gasteiger charge is -2.68. The summed E-state index contributed by atoms with van der Waals surface area (Å²) in [5, 5.41) is 9.02. The highest BCUT2D eigenvalue weighted by atomic mass is 19.1. The summed E-state index contributed by atoms with van der Waals surface area (Å²) in [7, 11) is 0. The van der Waals surface area contributed by atoms with Gasteiger partial charge >= 0.3 is 5.97 Å². The van der Waals surface area contributed by atoms with Gasteiger partial charge in [-0.2, -0.15) is 0 Å². The highest BCUT2D eigenvalue weighted by Crippen LogP contribution is 2.73. The van der Waals surface area contributed by atoms with E-state index in [-0.39, 0.29) is 11.2 Å². The Balaban J connectivity index is 1.87. The highest BCUT2D eigenvalue weighted by Gasteiger charge is 2.72. The molecule has 0 heterocycles. The van der Waals surface area contributed by atoms with Gasteiger partial charge in [-0.25, -0.2) is 4.39 Å². The Morgan fingerprint density at radius 2 is 2.00 bits per heavy atom. The maximum absolute atomic E-state index is 13.4. The number of aliphatic carboxylic acids is 1. The van der Waals surface area contributed by atoms with Gasteiger partial charge in [0.15, 0.2) is 0 Å². The van der Waals surface area contributed by atoms with Crippen LogP contribution in [0.2, 0.25) is 0 Å². The van der Waals surface area contributed by atoms with Crippen LogP contribution in [0.15, 0.2) is 18.2 Å². The molecule has 0 radical (unpaired) electrons. The van der Waals surface area contributed by atoms with E-state index in [4.69, 9.17) is 5.11 Å². The summed E-state index contributed by atoms with van der Waals surface area (Å²) in [5.74, 6) is -0.881. The zero-order valence-electron chi connectivity index (χ0n) is 9.09. The summed E-state index contributed by atoms with van der Waals surface area (Å²) in [6.45, 7) is 1.74. The number of carboxylic acids is 1. The Kier molecular flexibility index (Phi) is 1.63. The van der Waals surface area contributed by atoms with Crippen LogP contribution in [0.4, 0.5) is 4.39 Å². The van der Waals surface area contributed by atoms with E-state index in [1.807, 2.05) is 6.07 Å². The average molecular weight is 220 g/mol. The number of carbonyl (C=O) groups is 1. The first-order valence-corrected chi connectivity index (χ1v) is 5.48. The topological polar surface area (TPSA) is 37.3 Å². The first-order valence-electron chi connectivity index (χ1n) is 5.48. The molecule has 0 spiro atoms. The molecule has 16 heavy (non-hydrogen) atoms. The summed E-state index contributed by atoms with van der Waals surface area (Å²) in [4.78, 5) is 11.0. The van der Waals surface area contributed by atoms with E-state index >= 15 is 0 Å². The lowest BCUT2D eigenvalue weighted by molar-refractivity contribution is -0.194. The van der Waals surface area contributed by atoms with Gasteiger partial charge in [0.05, 0.1) is 5.41 Å². The standard InChI is InChI=1S/C13H13FO2/c1-8-2-3-9(4-10(8)14)12-5-13(6-12,7-12)11(15)16/h2-4H,5-7H2,1H3,(H,15,16). The highest BCUT2D eigenvalue weighted by molar-refractivity contribution is 5.80. The Morgan fingerprint density at radius 1 is 1.38 bits per heavy atom. The Hall–Kier alpha value is -1.38. The molecule has 1 N–H and O–H groups in total. The molecule has 3 heteroatoms. The molecule has 2 nitrogen and oxygen atoms in total. The molecule has 3 fully saturated rings. The normalized spacial score (nSPS) is 35.1. The lowest BCUT2D eigenvalue weighted by atomic mass is 9.33. The third-order valence-electron chi connectivity index (χ3n) is 4.27. The van der Waals surface area contributed by atoms with E-state index in [0.29, 0.717) is 24.8 Å². The molecule has 0 unspecified atom stereocenters. The number of halogens is 1. The molecule has 3 aliphatic rings. The number of hydrogen-bond acceptors (Lipinski definition) is 1. The number of benzene rings is 1. The van der Waals surface area contributed by atoms with Gasteiger partial charge in [-0.3, -0.25) is 4.79 Å². The zero-order valence-corrected chi connectivity index (χ0v) is 9.09. The number of rotatable bonds is 2. The fraction of sp³-hybridized carbons (Fsp3) is 0.462. The quantitative estimate of drug-likeness (QED) is 0.831. The third-order valence-corrected chi connectivity index (χ3v) is 4.27. The molecule has 84 valence electrons. The summed E-state index contributed by atoms with van der Waals surface area (Å²) in [6.07, 6.45) is 2.04. The van der Waals surface area contributed by atoms with Crippen molar-refractivity contribution >= 4 is 5.97 Å². The minimum atomic E-state index is -0.693. The minimum Gasteiger partial charge on any atom is -0.481 e. The second-order valence-corrected chi connectivity index (χ2v) is 5.36. The molecular formula is C13H13FO2. The Labute approximate surface area is 93.1 Å². The molecule has 0 atom stereocenters.